The monoisotopic (exact) mass is 317 g/mol. The SMILES string of the molecule is Cc1cccc(CC(=O)Nc2cccc(CBr)c2)c1. The lowest BCUT2D eigenvalue weighted by molar-refractivity contribution is -0.115. The predicted molar refractivity (Wildman–Crippen MR) is 82.6 cm³/mol. The Kier molecular flexibility index (Phi) is 4.74. The maximum atomic E-state index is 12.0. The first-order valence-corrected chi connectivity index (χ1v) is 7.30. The van der Waals surface area contributed by atoms with Crippen LogP contribution in [0.2, 0.25) is 0 Å². The zero-order valence-electron chi connectivity index (χ0n) is 10.8. The first-order valence-electron chi connectivity index (χ1n) is 6.17. The molecule has 19 heavy (non-hydrogen) atoms. The van der Waals surface area contributed by atoms with Gasteiger partial charge in [-0.1, -0.05) is 57.9 Å². The van der Waals surface area contributed by atoms with Crippen molar-refractivity contribution in [2.45, 2.75) is 18.7 Å². The Morgan fingerprint density at radius 2 is 1.84 bits per heavy atom. The van der Waals surface area contributed by atoms with Crippen molar-refractivity contribution in [2.75, 3.05) is 5.32 Å². The lowest BCUT2D eigenvalue weighted by atomic mass is 10.1. The minimum atomic E-state index is 0.0114. The standard InChI is InChI=1S/C16H16BrNO/c1-12-4-2-5-13(8-12)10-16(19)18-15-7-3-6-14(9-15)11-17/h2-9H,10-11H2,1H3,(H,18,19). The van der Waals surface area contributed by atoms with E-state index in [1.807, 2.05) is 55.5 Å². The summed E-state index contributed by atoms with van der Waals surface area (Å²) < 4.78 is 0. The van der Waals surface area contributed by atoms with E-state index < -0.39 is 0 Å². The largest absolute Gasteiger partial charge is 0.326 e. The fourth-order valence-electron chi connectivity index (χ4n) is 1.94. The van der Waals surface area contributed by atoms with Crippen LogP contribution < -0.4 is 5.32 Å². The third-order valence-corrected chi connectivity index (χ3v) is 3.46. The molecule has 2 aromatic rings. The minimum Gasteiger partial charge on any atom is -0.326 e. The first-order chi connectivity index (χ1) is 9.17. The molecule has 2 rings (SSSR count). The number of alkyl halides is 1. The Bertz CT molecular complexity index is 580. The van der Waals surface area contributed by atoms with Crippen LogP contribution in [-0.4, -0.2) is 5.91 Å². The number of rotatable bonds is 4. The summed E-state index contributed by atoms with van der Waals surface area (Å²) in [6.07, 6.45) is 0.403. The number of anilines is 1. The van der Waals surface area contributed by atoms with Crippen LogP contribution in [0.1, 0.15) is 16.7 Å². The summed E-state index contributed by atoms with van der Waals surface area (Å²) in [5.74, 6) is 0.0114. The second-order valence-electron chi connectivity index (χ2n) is 4.55. The number of carbonyl (C=O) groups is 1. The zero-order valence-corrected chi connectivity index (χ0v) is 12.4. The van der Waals surface area contributed by atoms with Crippen LogP contribution in [-0.2, 0) is 16.5 Å². The van der Waals surface area contributed by atoms with E-state index >= 15 is 0 Å². The molecule has 98 valence electrons. The molecule has 0 bridgehead atoms. The smallest absolute Gasteiger partial charge is 0.228 e. The van der Waals surface area contributed by atoms with Crippen LogP contribution in [0.3, 0.4) is 0 Å². The van der Waals surface area contributed by atoms with Crippen LogP contribution in [0.4, 0.5) is 5.69 Å². The van der Waals surface area contributed by atoms with Gasteiger partial charge in [0.1, 0.15) is 0 Å². The van der Waals surface area contributed by atoms with Gasteiger partial charge in [0.05, 0.1) is 6.42 Å². The Labute approximate surface area is 122 Å². The molecule has 0 radical (unpaired) electrons. The normalized spacial score (nSPS) is 10.2. The van der Waals surface area contributed by atoms with Crippen molar-refractivity contribution in [3.63, 3.8) is 0 Å². The van der Waals surface area contributed by atoms with Crippen molar-refractivity contribution >= 4 is 27.5 Å². The molecule has 0 saturated heterocycles. The van der Waals surface area contributed by atoms with Gasteiger partial charge in [0, 0.05) is 11.0 Å². The summed E-state index contributed by atoms with van der Waals surface area (Å²) in [5, 5.41) is 3.71. The van der Waals surface area contributed by atoms with Gasteiger partial charge in [-0.05, 0) is 30.2 Å². The van der Waals surface area contributed by atoms with Gasteiger partial charge in [-0.2, -0.15) is 0 Å². The average Bonchev–Trinajstić information content (AvgIpc) is 2.38. The fraction of sp³-hybridized carbons (Fsp3) is 0.188. The van der Waals surface area contributed by atoms with E-state index in [-0.39, 0.29) is 5.91 Å². The number of halogens is 1. The molecular weight excluding hydrogens is 302 g/mol. The van der Waals surface area contributed by atoms with Crippen LogP contribution in [0.15, 0.2) is 48.5 Å². The molecule has 0 unspecified atom stereocenters. The number of benzene rings is 2. The van der Waals surface area contributed by atoms with Gasteiger partial charge < -0.3 is 5.32 Å². The molecule has 0 fully saturated rings. The van der Waals surface area contributed by atoms with Crippen LogP contribution in [0.25, 0.3) is 0 Å². The Morgan fingerprint density at radius 1 is 1.11 bits per heavy atom. The topological polar surface area (TPSA) is 29.1 Å². The first kappa shape index (κ1) is 13.8. The van der Waals surface area contributed by atoms with E-state index in [0.717, 1.165) is 22.1 Å². The van der Waals surface area contributed by atoms with E-state index in [1.54, 1.807) is 0 Å². The lowest BCUT2D eigenvalue weighted by Gasteiger charge is -2.07. The summed E-state index contributed by atoms with van der Waals surface area (Å²) in [6, 6.07) is 15.9. The second-order valence-corrected chi connectivity index (χ2v) is 5.11. The zero-order chi connectivity index (χ0) is 13.7. The third kappa shape index (κ3) is 4.21. The highest BCUT2D eigenvalue weighted by molar-refractivity contribution is 9.08. The van der Waals surface area contributed by atoms with Crippen molar-refractivity contribution < 1.29 is 4.79 Å². The highest BCUT2D eigenvalue weighted by atomic mass is 79.9. The van der Waals surface area contributed by atoms with Crippen LogP contribution in [0, 0.1) is 6.92 Å². The lowest BCUT2D eigenvalue weighted by Crippen LogP contribution is -2.14. The predicted octanol–water partition coefficient (Wildman–Crippen LogP) is 4.07. The molecular formula is C16H16BrNO. The number of carbonyl (C=O) groups excluding carboxylic acids is 1. The van der Waals surface area contributed by atoms with E-state index in [9.17, 15) is 4.79 Å². The van der Waals surface area contributed by atoms with Gasteiger partial charge in [-0.25, -0.2) is 0 Å². The minimum absolute atomic E-state index is 0.0114. The molecule has 1 amide bonds. The molecule has 0 atom stereocenters. The summed E-state index contributed by atoms with van der Waals surface area (Å²) in [5.41, 5.74) is 4.20. The summed E-state index contributed by atoms with van der Waals surface area (Å²) in [4.78, 5) is 12.0. The second kappa shape index (κ2) is 6.53. The number of hydrogen-bond acceptors (Lipinski definition) is 1. The quantitative estimate of drug-likeness (QED) is 0.846. The molecule has 0 aliphatic rings. The molecule has 0 aliphatic carbocycles. The van der Waals surface area contributed by atoms with Crippen molar-refractivity contribution in [1.29, 1.82) is 0 Å². The van der Waals surface area contributed by atoms with Crippen molar-refractivity contribution in [2.24, 2.45) is 0 Å². The van der Waals surface area contributed by atoms with Crippen molar-refractivity contribution in [3.8, 4) is 0 Å². The fourth-order valence-corrected chi connectivity index (χ4v) is 2.29. The Hall–Kier alpha value is -1.61. The van der Waals surface area contributed by atoms with Crippen molar-refractivity contribution in [1.82, 2.24) is 0 Å². The maximum Gasteiger partial charge on any atom is 0.228 e. The Morgan fingerprint density at radius 3 is 2.58 bits per heavy atom. The van der Waals surface area contributed by atoms with E-state index in [4.69, 9.17) is 0 Å². The van der Waals surface area contributed by atoms with Gasteiger partial charge in [-0.3, -0.25) is 4.79 Å². The molecule has 0 spiro atoms. The average molecular weight is 318 g/mol. The molecule has 0 saturated carbocycles. The molecule has 3 heteroatoms. The summed E-state index contributed by atoms with van der Waals surface area (Å²) in [6.45, 7) is 2.03. The van der Waals surface area contributed by atoms with Gasteiger partial charge in [-0.15, -0.1) is 0 Å². The number of nitrogens with one attached hydrogen (secondary N) is 1. The summed E-state index contributed by atoms with van der Waals surface area (Å²) >= 11 is 3.41. The highest BCUT2D eigenvalue weighted by Crippen LogP contribution is 2.14. The van der Waals surface area contributed by atoms with Gasteiger partial charge in [0.25, 0.3) is 0 Å². The van der Waals surface area contributed by atoms with Crippen LogP contribution in [0.5, 0.6) is 0 Å². The third-order valence-electron chi connectivity index (χ3n) is 2.81. The van der Waals surface area contributed by atoms with E-state index in [2.05, 4.69) is 21.2 Å². The van der Waals surface area contributed by atoms with Crippen molar-refractivity contribution in [3.05, 3.63) is 65.2 Å². The van der Waals surface area contributed by atoms with Crippen LogP contribution >= 0.6 is 15.9 Å². The summed E-state index contributed by atoms with van der Waals surface area (Å²) in [7, 11) is 0. The van der Waals surface area contributed by atoms with Gasteiger partial charge >= 0.3 is 0 Å². The molecule has 0 aromatic heterocycles. The molecule has 0 heterocycles. The van der Waals surface area contributed by atoms with E-state index in [1.165, 1.54) is 5.56 Å². The molecule has 1 N–H and O–H groups in total. The van der Waals surface area contributed by atoms with Gasteiger partial charge in [0.2, 0.25) is 5.91 Å². The molecule has 2 nitrogen and oxygen atoms in total. The van der Waals surface area contributed by atoms with E-state index in [0.29, 0.717) is 6.42 Å². The Balaban J connectivity index is 2.01. The highest BCUT2D eigenvalue weighted by Gasteiger charge is 2.04. The molecule has 0 aliphatic heterocycles. The maximum absolute atomic E-state index is 12.0. The van der Waals surface area contributed by atoms with Gasteiger partial charge in [0.15, 0.2) is 0 Å². The number of hydrogen-bond donors (Lipinski definition) is 1. The molecule has 2 aromatic carbocycles. The number of aryl methyl sites for hydroxylation is 1. The number of amides is 1.